The maximum Gasteiger partial charge on any atom is 0.494 e. The molecule has 2 aliphatic heterocycles. The highest BCUT2D eigenvalue weighted by atomic mass is 16.7. The molecule has 0 radical (unpaired) electrons. The summed E-state index contributed by atoms with van der Waals surface area (Å²) in [4.78, 5) is 0. The quantitative estimate of drug-likeness (QED) is 0.663. The Morgan fingerprint density at radius 2 is 1.83 bits per heavy atom. The van der Waals surface area contributed by atoms with Crippen molar-refractivity contribution in [2.24, 2.45) is 16.1 Å². The van der Waals surface area contributed by atoms with Gasteiger partial charge in [-0.25, -0.2) is 0 Å². The van der Waals surface area contributed by atoms with Gasteiger partial charge in [-0.2, -0.15) is 10.2 Å². The largest absolute Gasteiger partial charge is 0.494 e. The maximum absolute atomic E-state index is 6.01. The molecule has 0 spiro atoms. The molecule has 0 amide bonds. The molecule has 1 aliphatic carbocycles. The Kier molecular flexibility index (Phi) is 2.41. The Labute approximate surface area is 108 Å². The molecule has 0 aromatic carbocycles. The second-order valence-electron chi connectivity index (χ2n) is 5.91. The SMILES string of the molecule is CC1(C)OB(C2=CC3=NN=C[C@H]3C=C2)OC1(C)C. The molecule has 1 saturated heterocycles. The molecule has 94 valence electrons. The molecule has 18 heavy (non-hydrogen) atoms. The van der Waals surface area contributed by atoms with Crippen LogP contribution in [0, 0.1) is 5.92 Å². The zero-order chi connectivity index (χ0) is 13.0. The van der Waals surface area contributed by atoms with Crippen LogP contribution >= 0.6 is 0 Å². The van der Waals surface area contributed by atoms with Crippen molar-refractivity contribution in [1.29, 1.82) is 0 Å². The van der Waals surface area contributed by atoms with Crippen LogP contribution in [0.3, 0.4) is 0 Å². The topological polar surface area (TPSA) is 43.2 Å². The lowest BCUT2D eigenvalue weighted by Crippen LogP contribution is -2.41. The molecule has 0 saturated carbocycles. The van der Waals surface area contributed by atoms with Crippen LogP contribution in [0.15, 0.2) is 33.9 Å². The van der Waals surface area contributed by atoms with Crippen LogP contribution < -0.4 is 0 Å². The monoisotopic (exact) mass is 244 g/mol. The van der Waals surface area contributed by atoms with E-state index in [0.29, 0.717) is 0 Å². The highest BCUT2D eigenvalue weighted by Gasteiger charge is 2.52. The summed E-state index contributed by atoms with van der Waals surface area (Å²) in [6.45, 7) is 8.22. The standard InChI is InChI=1S/C13H17BN2O2/c1-12(2)13(3,4)18-14(17-12)10-6-5-9-8-15-16-11(9)7-10/h5-9H,1-4H3/t9-/m1/s1. The maximum atomic E-state index is 6.01. The number of rotatable bonds is 1. The molecule has 2 heterocycles. The van der Waals surface area contributed by atoms with E-state index in [-0.39, 0.29) is 24.2 Å². The summed E-state index contributed by atoms with van der Waals surface area (Å²) in [7, 11) is -0.324. The third-order valence-electron chi connectivity index (χ3n) is 4.08. The van der Waals surface area contributed by atoms with E-state index in [1.165, 1.54) is 0 Å². The van der Waals surface area contributed by atoms with Gasteiger partial charge in [0.25, 0.3) is 0 Å². The minimum absolute atomic E-state index is 0.219. The Balaban J connectivity index is 1.85. The molecule has 3 aliphatic rings. The number of allylic oxidation sites excluding steroid dienone is 4. The van der Waals surface area contributed by atoms with Crippen molar-refractivity contribution >= 4 is 19.0 Å². The zero-order valence-corrected chi connectivity index (χ0v) is 11.2. The summed E-state index contributed by atoms with van der Waals surface area (Å²) in [5.41, 5.74) is 1.35. The van der Waals surface area contributed by atoms with Gasteiger partial charge in [-0.1, -0.05) is 12.2 Å². The van der Waals surface area contributed by atoms with Crippen LogP contribution in [0.4, 0.5) is 0 Å². The molecule has 0 unspecified atom stereocenters. The van der Waals surface area contributed by atoms with Crippen LogP contribution in [-0.4, -0.2) is 30.2 Å². The third-order valence-corrected chi connectivity index (χ3v) is 4.08. The van der Waals surface area contributed by atoms with Crippen LogP contribution in [0.2, 0.25) is 0 Å². The highest BCUT2D eigenvalue weighted by Crippen LogP contribution is 2.39. The van der Waals surface area contributed by atoms with Crippen molar-refractivity contribution in [3.05, 3.63) is 23.7 Å². The van der Waals surface area contributed by atoms with Gasteiger partial charge in [0.2, 0.25) is 0 Å². The van der Waals surface area contributed by atoms with Crippen molar-refractivity contribution in [3.63, 3.8) is 0 Å². The predicted octanol–water partition coefficient (Wildman–Crippen LogP) is 2.17. The first-order valence-corrected chi connectivity index (χ1v) is 6.25. The lowest BCUT2D eigenvalue weighted by molar-refractivity contribution is 0.00578. The van der Waals surface area contributed by atoms with Crippen LogP contribution in [0.25, 0.3) is 0 Å². The van der Waals surface area contributed by atoms with Crippen LogP contribution in [0.1, 0.15) is 27.7 Å². The van der Waals surface area contributed by atoms with Gasteiger partial charge in [-0.15, -0.1) is 0 Å². The van der Waals surface area contributed by atoms with E-state index in [4.69, 9.17) is 9.31 Å². The van der Waals surface area contributed by atoms with Crippen molar-refractivity contribution in [2.45, 2.75) is 38.9 Å². The first-order valence-electron chi connectivity index (χ1n) is 6.25. The molecule has 0 bridgehead atoms. The summed E-state index contributed by atoms with van der Waals surface area (Å²) in [6.07, 6.45) is 7.97. The molecule has 0 N–H and O–H groups in total. The van der Waals surface area contributed by atoms with E-state index in [9.17, 15) is 0 Å². The number of nitrogens with zero attached hydrogens (tertiary/aromatic N) is 2. The van der Waals surface area contributed by atoms with E-state index >= 15 is 0 Å². The van der Waals surface area contributed by atoms with E-state index in [0.717, 1.165) is 11.2 Å². The van der Waals surface area contributed by atoms with Crippen molar-refractivity contribution in [1.82, 2.24) is 0 Å². The molecule has 1 fully saturated rings. The third kappa shape index (κ3) is 1.69. The van der Waals surface area contributed by atoms with Gasteiger partial charge in [0.05, 0.1) is 22.8 Å². The Morgan fingerprint density at radius 1 is 1.17 bits per heavy atom. The lowest BCUT2D eigenvalue weighted by atomic mass is 9.74. The normalized spacial score (nSPS) is 31.3. The second kappa shape index (κ2) is 3.65. The first kappa shape index (κ1) is 11.9. The molecule has 0 aromatic rings. The minimum atomic E-state index is -0.324. The molecule has 1 atom stereocenters. The van der Waals surface area contributed by atoms with E-state index in [1.54, 1.807) is 0 Å². The minimum Gasteiger partial charge on any atom is -0.399 e. The first-order chi connectivity index (χ1) is 8.39. The fraction of sp³-hybridized carbons (Fsp3) is 0.538. The molecular formula is C13H17BN2O2. The van der Waals surface area contributed by atoms with Crippen LogP contribution in [0.5, 0.6) is 0 Å². The smallest absolute Gasteiger partial charge is 0.399 e. The fourth-order valence-electron chi connectivity index (χ4n) is 2.15. The predicted molar refractivity (Wildman–Crippen MR) is 72.7 cm³/mol. The summed E-state index contributed by atoms with van der Waals surface area (Å²) < 4.78 is 12.0. The number of hydrogen-bond donors (Lipinski definition) is 0. The Morgan fingerprint density at radius 3 is 2.50 bits per heavy atom. The number of hydrogen-bond acceptors (Lipinski definition) is 4. The van der Waals surface area contributed by atoms with Gasteiger partial charge in [0.15, 0.2) is 0 Å². The zero-order valence-electron chi connectivity index (χ0n) is 11.2. The Hall–Kier alpha value is -1.20. The van der Waals surface area contributed by atoms with Crippen LogP contribution in [-0.2, 0) is 9.31 Å². The highest BCUT2D eigenvalue weighted by molar-refractivity contribution is 6.56. The van der Waals surface area contributed by atoms with Gasteiger partial charge < -0.3 is 9.31 Å². The number of fused-ring (bicyclic) bond motifs is 1. The van der Waals surface area contributed by atoms with E-state index < -0.39 is 0 Å². The molecule has 3 rings (SSSR count). The van der Waals surface area contributed by atoms with Crippen molar-refractivity contribution in [2.75, 3.05) is 0 Å². The molecule has 5 heteroatoms. The molecule has 4 nitrogen and oxygen atoms in total. The molecular weight excluding hydrogens is 227 g/mol. The average molecular weight is 244 g/mol. The summed E-state index contributed by atoms with van der Waals surface area (Å²) in [5.74, 6) is 0.219. The van der Waals surface area contributed by atoms with Gasteiger partial charge in [-0.05, 0) is 39.2 Å². The summed E-state index contributed by atoms with van der Waals surface area (Å²) in [5, 5.41) is 8.03. The molecule has 0 aromatic heterocycles. The van der Waals surface area contributed by atoms with Crippen molar-refractivity contribution < 1.29 is 9.31 Å². The second-order valence-corrected chi connectivity index (χ2v) is 5.91. The Bertz CT molecular complexity index is 487. The summed E-state index contributed by atoms with van der Waals surface area (Å²) >= 11 is 0. The van der Waals surface area contributed by atoms with Gasteiger partial charge in [-0.3, -0.25) is 0 Å². The van der Waals surface area contributed by atoms with E-state index in [2.05, 4.69) is 44.0 Å². The lowest BCUT2D eigenvalue weighted by Gasteiger charge is -2.32. The fourth-order valence-corrected chi connectivity index (χ4v) is 2.15. The van der Waals surface area contributed by atoms with E-state index in [1.807, 2.05) is 18.4 Å². The summed E-state index contributed by atoms with van der Waals surface area (Å²) in [6, 6.07) is 0. The van der Waals surface area contributed by atoms with Crippen molar-refractivity contribution in [3.8, 4) is 0 Å². The van der Waals surface area contributed by atoms with Gasteiger partial charge >= 0.3 is 7.12 Å². The van der Waals surface area contributed by atoms with Gasteiger partial charge in [0.1, 0.15) is 0 Å². The van der Waals surface area contributed by atoms with Gasteiger partial charge in [0, 0.05) is 6.21 Å². The average Bonchev–Trinajstić information content (AvgIpc) is 2.80.